The molecule has 1 heterocycles. The Morgan fingerprint density at radius 2 is 2.11 bits per heavy atom. The summed E-state index contributed by atoms with van der Waals surface area (Å²) in [6.07, 6.45) is -3.12. The molecule has 0 fully saturated rings. The van der Waals surface area contributed by atoms with Crippen LogP contribution in [0.15, 0.2) is 18.3 Å². The van der Waals surface area contributed by atoms with Gasteiger partial charge in [0.15, 0.2) is 0 Å². The third-order valence-electron chi connectivity index (χ3n) is 2.12. The van der Waals surface area contributed by atoms with Gasteiger partial charge in [0.25, 0.3) is 5.91 Å². The fourth-order valence-corrected chi connectivity index (χ4v) is 1.47. The van der Waals surface area contributed by atoms with Crippen molar-refractivity contribution in [2.45, 2.75) is 6.18 Å². The maximum Gasteiger partial charge on any atom is 0.405 e. The third kappa shape index (κ3) is 3.88. The van der Waals surface area contributed by atoms with E-state index in [1.54, 1.807) is 0 Å². The van der Waals surface area contributed by atoms with Crippen LogP contribution in [0.3, 0.4) is 0 Å². The molecular formula is C10H13F3N4O. The number of hydrogen-bond donors (Lipinski definition) is 2. The molecule has 0 atom stereocenters. The van der Waals surface area contributed by atoms with Crippen molar-refractivity contribution >= 4 is 11.7 Å². The summed E-state index contributed by atoms with van der Waals surface area (Å²) in [4.78, 5) is 15.8. The monoisotopic (exact) mass is 262 g/mol. The molecule has 8 heteroatoms. The fourth-order valence-electron chi connectivity index (χ4n) is 1.47. The molecule has 1 amide bonds. The Balaban J connectivity index is 3.09. The minimum atomic E-state index is -4.42. The standard InChI is InChI=1S/C10H13F3N4O/c11-10(12,13)6-17(5-3-14)9-7(8(15)18)2-1-4-16-9/h1-2,4H,3,5-6,14H2,(H2,15,18). The molecule has 1 rings (SSSR count). The van der Waals surface area contributed by atoms with Crippen LogP contribution in [0.5, 0.6) is 0 Å². The Kier molecular flexibility index (Phi) is 4.49. The van der Waals surface area contributed by atoms with Gasteiger partial charge in [0, 0.05) is 19.3 Å². The van der Waals surface area contributed by atoms with E-state index in [0.29, 0.717) is 0 Å². The number of nitrogens with two attached hydrogens (primary N) is 2. The number of halogens is 3. The quantitative estimate of drug-likeness (QED) is 0.809. The van der Waals surface area contributed by atoms with Crippen molar-refractivity contribution in [2.75, 3.05) is 24.5 Å². The Morgan fingerprint density at radius 1 is 1.44 bits per heavy atom. The second-order valence-corrected chi connectivity index (χ2v) is 3.56. The Labute approximate surface area is 102 Å². The minimum Gasteiger partial charge on any atom is -0.365 e. The first kappa shape index (κ1) is 14.2. The van der Waals surface area contributed by atoms with E-state index >= 15 is 0 Å². The number of pyridine rings is 1. The molecule has 0 spiro atoms. The average molecular weight is 262 g/mol. The van der Waals surface area contributed by atoms with Gasteiger partial charge < -0.3 is 16.4 Å². The molecule has 5 nitrogen and oxygen atoms in total. The highest BCUT2D eigenvalue weighted by Crippen LogP contribution is 2.22. The average Bonchev–Trinajstić information content (AvgIpc) is 2.26. The normalized spacial score (nSPS) is 11.3. The van der Waals surface area contributed by atoms with Crippen LogP contribution in [-0.2, 0) is 0 Å². The predicted octanol–water partition coefficient (Wildman–Crippen LogP) is 0.508. The van der Waals surface area contributed by atoms with E-state index in [1.807, 2.05) is 0 Å². The Bertz CT molecular complexity index is 422. The number of nitrogens with zero attached hydrogens (tertiary/aromatic N) is 2. The van der Waals surface area contributed by atoms with Gasteiger partial charge >= 0.3 is 6.18 Å². The minimum absolute atomic E-state index is 0.00482. The van der Waals surface area contributed by atoms with Crippen LogP contribution in [0.25, 0.3) is 0 Å². The number of carbonyl (C=O) groups is 1. The number of primary amides is 1. The number of rotatable bonds is 5. The zero-order chi connectivity index (χ0) is 13.8. The smallest absolute Gasteiger partial charge is 0.365 e. The Hall–Kier alpha value is -1.83. The van der Waals surface area contributed by atoms with Crippen molar-refractivity contribution in [3.05, 3.63) is 23.9 Å². The molecule has 18 heavy (non-hydrogen) atoms. The molecule has 0 unspecified atom stereocenters. The summed E-state index contributed by atoms with van der Waals surface area (Å²) in [5.41, 5.74) is 10.3. The molecule has 1 aromatic heterocycles. The lowest BCUT2D eigenvalue weighted by Gasteiger charge is -2.25. The van der Waals surface area contributed by atoms with Gasteiger partial charge in [-0.15, -0.1) is 0 Å². The first-order chi connectivity index (χ1) is 8.35. The van der Waals surface area contributed by atoms with Crippen LogP contribution < -0.4 is 16.4 Å². The summed E-state index contributed by atoms with van der Waals surface area (Å²) in [7, 11) is 0. The summed E-state index contributed by atoms with van der Waals surface area (Å²) >= 11 is 0. The molecule has 4 N–H and O–H groups in total. The zero-order valence-electron chi connectivity index (χ0n) is 9.44. The van der Waals surface area contributed by atoms with Gasteiger partial charge in [-0.05, 0) is 12.1 Å². The van der Waals surface area contributed by atoms with Crippen LogP contribution in [0, 0.1) is 0 Å². The number of carbonyl (C=O) groups excluding carboxylic acids is 1. The molecule has 0 bridgehead atoms. The molecule has 0 aliphatic rings. The van der Waals surface area contributed by atoms with Crippen LogP contribution in [-0.4, -0.2) is 36.7 Å². The summed E-state index contributed by atoms with van der Waals surface area (Å²) < 4.78 is 37.3. The summed E-state index contributed by atoms with van der Waals surface area (Å²) in [5, 5.41) is 0. The van der Waals surface area contributed by atoms with E-state index in [0.717, 1.165) is 4.90 Å². The van der Waals surface area contributed by atoms with Crippen molar-refractivity contribution in [1.82, 2.24) is 4.98 Å². The van der Waals surface area contributed by atoms with Gasteiger partial charge in [-0.25, -0.2) is 4.98 Å². The fraction of sp³-hybridized carbons (Fsp3) is 0.400. The molecule has 0 radical (unpaired) electrons. The first-order valence-corrected chi connectivity index (χ1v) is 5.11. The van der Waals surface area contributed by atoms with Crippen molar-refractivity contribution in [3.63, 3.8) is 0 Å². The number of aromatic nitrogens is 1. The van der Waals surface area contributed by atoms with Crippen LogP contribution in [0.4, 0.5) is 19.0 Å². The lowest BCUT2D eigenvalue weighted by Crippen LogP contribution is -2.39. The van der Waals surface area contributed by atoms with Crippen molar-refractivity contribution in [2.24, 2.45) is 11.5 Å². The van der Waals surface area contributed by atoms with Gasteiger partial charge in [0.05, 0.1) is 5.56 Å². The van der Waals surface area contributed by atoms with E-state index in [9.17, 15) is 18.0 Å². The van der Waals surface area contributed by atoms with Gasteiger partial charge in [0.1, 0.15) is 12.4 Å². The molecule has 1 aromatic rings. The maximum absolute atomic E-state index is 12.4. The van der Waals surface area contributed by atoms with Crippen LogP contribution in [0.2, 0.25) is 0 Å². The highest BCUT2D eigenvalue weighted by atomic mass is 19.4. The summed E-state index contributed by atoms with van der Waals surface area (Å²) in [6, 6.07) is 2.75. The first-order valence-electron chi connectivity index (χ1n) is 5.11. The highest BCUT2D eigenvalue weighted by molar-refractivity contribution is 5.97. The third-order valence-corrected chi connectivity index (χ3v) is 2.12. The number of amides is 1. The highest BCUT2D eigenvalue weighted by Gasteiger charge is 2.32. The molecule has 0 aromatic carbocycles. The number of hydrogen-bond acceptors (Lipinski definition) is 4. The van der Waals surface area contributed by atoms with Crippen LogP contribution >= 0.6 is 0 Å². The number of alkyl halides is 3. The zero-order valence-corrected chi connectivity index (χ0v) is 9.44. The van der Waals surface area contributed by atoms with E-state index in [1.165, 1.54) is 18.3 Å². The van der Waals surface area contributed by atoms with E-state index in [4.69, 9.17) is 11.5 Å². The number of anilines is 1. The van der Waals surface area contributed by atoms with Crippen molar-refractivity contribution < 1.29 is 18.0 Å². The van der Waals surface area contributed by atoms with E-state index < -0.39 is 18.6 Å². The maximum atomic E-state index is 12.4. The molecule has 0 saturated heterocycles. The molecular weight excluding hydrogens is 249 g/mol. The van der Waals surface area contributed by atoms with Gasteiger partial charge in [0.2, 0.25) is 0 Å². The van der Waals surface area contributed by atoms with Gasteiger partial charge in [-0.3, -0.25) is 4.79 Å². The van der Waals surface area contributed by atoms with Crippen molar-refractivity contribution in [1.29, 1.82) is 0 Å². The molecule has 100 valence electrons. The lowest BCUT2D eigenvalue weighted by atomic mass is 10.2. The SMILES string of the molecule is NCCN(CC(F)(F)F)c1ncccc1C(N)=O. The summed E-state index contributed by atoms with van der Waals surface area (Å²) in [6.45, 7) is -1.30. The van der Waals surface area contributed by atoms with Crippen molar-refractivity contribution in [3.8, 4) is 0 Å². The second-order valence-electron chi connectivity index (χ2n) is 3.56. The second kappa shape index (κ2) is 5.67. The lowest BCUT2D eigenvalue weighted by molar-refractivity contribution is -0.119. The van der Waals surface area contributed by atoms with E-state index in [-0.39, 0.29) is 24.5 Å². The van der Waals surface area contributed by atoms with Crippen LogP contribution in [0.1, 0.15) is 10.4 Å². The largest absolute Gasteiger partial charge is 0.405 e. The van der Waals surface area contributed by atoms with Gasteiger partial charge in [-0.1, -0.05) is 0 Å². The molecule has 0 aliphatic heterocycles. The summed E-state index contributed by atoms with van der Waals surface area (Å²) in [5.74, 6) is -0.935. The van der Waals surface area contributed by atoms with Gasteiger partial charge in [-0.2, -0.15) is 13.2 Å². The molecule has 0 aliphatic carbocycles. The predicted molar refractivity (Wildman–Crippen MR) is 60.1 cm³/mol. The topological polar surface area (TPSA) is 85.2 Å². The Morgan fingerprint density at radius 3 is 2.61 bits per heavy atom. The molecule has 0 saturated carbocycles. The van der Waals surface area contributed by atoms with E-state index in [2.05, 4.69) is 4.98 Å².